The minimum atomic E-state index is -0.387. The van der Waals surface area contributed by atoms with Crippen LogP contribution in [0.3, 0.4) is 0 Å². The molecule has 0 aliphatic carbocycles. The molecular formula is C32H45IN2O3. The molecule has 0 saturated heterocycles. The molecule has 0 bridgehead atoms. The predicted molar refractivity (Wildman–Crippen MR) is 166 cm³/mol. The fraction of sp³-hybridized carbons (Fsp3) is 0.531. The highest BCUT2D eigenvalue weighted by Gasteiger charge is 2.11. The van der Waals surface area contributed by atoms with Crippen molar-refractivity contribution in [3.8, 4) is 5.75 Å². The van der Waals surface area contributed by atoms with E-state index in [2.05, 4.69) is 40.0 Å². The Bertz CT molecular complexity index is 959. The summed E-state index contributed by atoms with van der Waals surface area (Å²) in [5.74, 6) is 0.0189. The second-order valence-corrected chi connectivity index (χ2v) is 11.1. The van der Waals surface area contributed by atoms with Gasteiger partial charge in [0.2, 0.25) is 5.91 Å². The standard InChI is InChI=1S/C32H45IN2O3/c1-2-3-4-5-6-7-8-9-10-11-12-13-14-15-16-21-31(36)35-34-26-27-22-24-28(25-23-27)38-32(37)29-19-17-18-20-30(29)33/h17-20,22-26H,2-16,21H2,1H3,(H,35,36)/b34-26-. The van der Waals surface area contributed by atoms with Crippen LogP contribution in [0.5, 0.6) is 5.75 Å². The number of benzene rings is 2. The van der Waals surface area contributed by atoms with Crippen LogP contribution in [0, 0.1) is 3.57 Å². The van der Waals surface area contributed by atoms with Gasteiger partial charge in [0.15, 0.2) is 0 Å². The smallest absolute Gasteiger partial charge is 0.344 e. The van der Waals surface area contributed by atoms with Gasteiger partial charge in [0, 0.05) is 9.99 Å². The maximum Gasteiger partial charge on any atom is 0.344 e. The number of nitrogens with one attached hydrogen (secondary N) is 1. The number of carbonyl (C=O) groups is 2. The van der Waals surface area contributed by atoms with Gasteiger partial charge < -0.3 is 4.74 Å². The molecule has 0 aliphatic rings. The van der Waals surface area contributed by atoms with Gasteiger partial charge in [-0.05, 0) is 71.0 Å². The van der Waals surface area contributed by atoms with E-state index >= 15 is 0 Å². The van der Waals surface area contributed by atoms with Gasteiger partial charge >= 0.3 is 5.97 Å². The molecule has 0 fully saturated rings. The molecule has 38 heavy (non-hydrogen) atoms. The van der Waals surface area contributed by atoms with Gasteiger partial charge in [0.05, 0.1) is 11.8 Å². The van der Waals surface area contributed by atoms with Crippen molar-refractivity contribution in [2.75, 3.05) is 0 Å². The minimum Gasteiger partial charge on any atom is -0.423 e. The Hall–Kier alpha value is -2.22. The van der Waals surface area contributed by atoms with Crippen molar-refractivity contribution in [1.82, 2.24) is 5.43 Å². The lowest BCUT2D eigenvalue weighted by Gasteiger charge is -2.06. The van der Waals surface area contributed by atoms with Crippen LogP contribution in [0.25, 0.3) is 0 Å². The van der Waals surface area contributed by atoms with Crippen LogP contribution in [0.2, 0.25) is 0 Å². The molecule has 2 aromatic rings. The number of hydrogen-bond acceptors (Lipinski definition) is 4. The first-order valence-corrected chi connectivity index (χ1v) is 15.6. The van der Waals surface area contributed by atoms with Crippen LogP contribution in [0.4, 0.5) is 0 Å². The molecule has 0 radical (unpaired) electrons. The van der Waals surface area contributed by atoms with Gasteiger partial charge in [0.1, 0.15) is 5.75 Å². The number of amides is 1. The maximum absolute atomic E-state index is 12.3. The van der Waals surface area contributed by atoms with Gasteiger partial charge in [-0.25, -0.2) is 10.2 Å². The Morgan fingerprint density at radius 2 is 1.29 bits per heavy atom. The summed E-state index contributed by atoms with van der Waals surface area (Å²) < 4.78 is 6.29. The van der Waals surface area contributed by atoms with E-state index in [4.69, 9.17) is 4.74 Å². The molecule has 208 valence electrons. The summed E-state index contributed by atoms with van der Waals surface area (Å²) in [5.41, 5.74) is 3.95. The average molecular weight is 633 g/mol. The largest absolute Gasteiger partial charge is 0.423 e. The molecule has 0 spiro atoms. The van der Waals surface area contributed by atoms with Crippen LogP contribution >= 0.6 is 22.6 Å². The van der Waals surface area contributed by atoms with Crippen molar-refractivity contribution in [3.05, 3.63) is 63.2 Å². The van der Waals surface area contributed by atoms with E-state index in [0.717, 1.165) is 22.0 Å². The quantitative estimate of drug-likeness (QED) is 0.0395. The number of nitrogens with zero attached hydrogens (tertiary/aromatic N) is 1. The monoisotopic (exact) mass is 632 g/mol. The summed E-state index contributed by atoms with van der Waals surface area (Å²) >= 11 is 2.12. The highest BCUT2D eigenvalue weighted by molar-refractivity contribution is 14.1. The van der Waals surface area contributed by atoms with E-state index < -0.39 is 0 Å². The van der Waals surface area contributed by atoms with Crippen LogP contribution in [-0.2, 0) is 4.79 Å². The molecule has 0 atom stereocenters. The molecule has 5 nitrogen and oxygen atoms in total. The van der Waals surface area contributed by atoms with Crippen LogP contribution in [0.1, 0.15) is 126 Å². The van der Waals surface area contributed by atoms with E-state index in [-0.39, 0.29) is 11.9 Å². The fourth-order valence-corrected chi connectivity index (χ4v) is 4.91. The predicted octanol–water partition coefficient (Wildman–Crippen LogP) is 9.22. The summed E-state index contributed by atoms with van der Waals surface area (Å²) in [6.07, 6.45) is 21.8. The number of unbranched alkanes of at least 4 members (excludes halogenated alkanes) is 14. The number of ether oxygens (including phenoxy) is 1. The van der Waals surface area contributed by atoms with E-state index in [1.54, 1.807) is 36.5 Å². The molecule has 6 heteroatoms. The fourth-order valence-electron chi connectivity index (χ4n) is 4.30. The summed E-state index contributed by atoms with van der Waals surface area (Å²) in [4.78, 5) is 24.3. The molecule has 1 N–H and O–H groups in total. The highest BCUT2D eigenvalue weighted by Crippen LogP contribution is 2.17. The second kappa shape index (κ2) is 20.7. The average Bonchev–Trinajstić information content (AvgIpc) is 2.92. The Kier molecular flexibility index (Phi) is 17.4. The summed E-state index contributed by atoms with van der Waals surface area (Å²) in [6.45, 7) is 2.27. The first-order valence-electron chi connectivity index (χ1n) is 14.5. The second-order valence-electron chi connectivity index (χ2n) is 9.93. The Morgan fingerprint density at radius 1 is 0.763 bits per heavy atom. The van der Waals surface area contributed by atoms with Gasteiger partial charge in [-0.15, -0.1) is 0 Å². The highest BCUT2D eigenvalue weighted by atomic mass is 127. The van der Waals surface area contributed by atoms with Crippen LogP contribution in [0.15, 0.2) is 53.6 Å². The van der Waals surface area contributed by atoms with Crippen LogP contribution in [-0.4, -0.2) is 18.1 Å². The first kappa shape index (κ1) is 32.0. The topological polar surface area (TPSA) is 67.8 Å². The van der Waals surface area contributed by atoms with Crippen molar-refractivity contribution in [2.24, 2.45) is 5.10 Å². The summed E-state index contributed by atoms with van der Waals surface area (Å²) in [6, 6.07) is 14.3. The molecule has 0 aromatic heterocycles. The molecule has 0 saturated carbocycles. The van der Waals surface area contributed by atoms with Crippen molar-refractivity contribution in [3.63, 3.8) is 0 Å². The zero-order valence-electron chi connectivity index (χ0n) is 23.1. The Labute approximate surface area is 243 Å². The first-order chi connectivity index (χ1) is 18.6. The van der Waals surface area contributed by atoms with Gasteiger partial charge in [-0.3, -0.25) is 4.79 Å². The number of hydrazone groups is 1. The molecule has 2 rings (SSSR count). The molecule has 2 aromatic carbocycles. The van der Waals surface area contributed by atoms with Crippen molar-refractivity contribution in [1.29, 1.82) is 0 Å². The number of carbonyl (C=O) groups excluding carboxylic acids is 2. The van der Waals surface area contributed by atoms with Crippen molar-refractivity contribution < 1.29 is 14.3 Å². The van der Waals surface area contributed by atoms with E-state index in [1.807, 2.05) is 18.2 Å². The lowest BCUT2D eigenvalue weighted by molar-refractivity contribution is -0.121. The molecular weight excluding hydrogens is 587 g/mol. The third-order valence-corrected chi connectivity index (χ3v) is 7.54. The molecule has 1 amide bonds. The van der Waals surface area contributed by atoms with E-state index in [1.165, 1.54) is 83.5 Å². The number of rotatable bonds is 20. The zero-order chi connectivity index (χ0) is 27.3. The van der Waals surface area contributed by atoms with Crippen LogP contribution < -0.4 is 10.2 Å². The van der Waals surface area contributed by atoms with Crippen molar-refractivity contribution >= 4 is 40.7 Å². The minimum absolute atomic E-state index is 0.0565. The molecule has 0 aliphatic heterocycles. The molecule has 0 unspecified atom stereocenters. The lowest BCUT2D eigenvalue weighted by atomic mass is 10.0. The summed E-state index contributed by atoms with van der Waals surface area (Å²) in [7, 11) is 0. The van der Waals surface area contributed by atoms with E-state index in [9.17, 15) is 9.59 Å². The third kappa shape index (κ3) is 14.6. The SMILES string of the molecule is CCCCCCCCCCCCCCCCCC(=O)N/N=C\c1ccc(OC(=O)c2ccccc2I)cc1. The lowest BCUT2D eigenvalue weighted by Crippen LogP contribution is -2.16. The van der Waals surface area contributed by atoms with Crippen molar-refractivity contribution in [2.45, 2.75) is 110 Å². The zero-order valence-corrected chi connectivity index (χ0v) is 25.2. The van der Waals surface area contributed by atoms with Gasteiger partial charge in [-0.1, -0.05) is 109 Å². The number of esters is 1. The maximum atomic E-state index is 12.3. The Balaban J connectivity index is 1.46. The third-order valence-electron chi connectivity index (χ3n) is 6.59. The Morgan fingerprint density at radius 3 is 1.84 bits per heavy atom. The molecule has 0 heterocycles. The van der Waals surface area contributed by atoms with Gasteiger partial charge in [-0.2, -0.15) is 5.10 Å². The number of halogens is 1. The summed E-state index contributed by atoms with van der Waals surface area (Å²) in [5, 5.41) is 4.05. The van der Waals surface area contributed by atoms with Gasteiger partial charge in [0.25, 0.3) is 0 Å². The normalized spacial score (nSPS) is 11.1. The number of hydrogen-bond donors (Lipinski definition) is 1. The van der Waals surface area contributed by atoms with E-state index in [0.29, 0.717) is 17.7 Å².